The van der Waals surface area contributed by atoms with Gasteiger partial charge >= 0.3 is 12.1 Å². The van der Waals surface area contributed by atoms with Gasteiger partial charge in [-0.3, -0.25) is 9.59 Å². The Balaban J connectivity index is 2.00. The van der Waals surface area contributed by atoms with Crippen LogP contribution in [0.25, 0.3) is 0 Å². The van der Waals surface area contributed by atoms with Gasteiger partial charge < -0.3 is 24.7 Å². The van der Waals surface area contributed by atoms with Crippen LogP contribution in [0.15, 0.2) is 16.9 Å². The van der Waals surface area contributed by atoms with Crippen molar-refractivity contribution >= 4 is 18.0 Å². The number of fused-ring (bicyclic) bond motifs is 1. The molecule has 0 bridgehead atoms. The number of alkyl carbamates (subject to hydrolysis) is 1. The average Bonchev–Trinajstić information content (AvgIpc) is 2.63. The number of esters is 1. The van der Waals surface area contributed by atoms with Gasteiger partial charge in [0.1, 0.15) is 17.2 Å². The quantitative estimate of drug-likeness (QED) is 0.667. The van der Waals surface area contributed by atoms with Crippen LogP contribution in [0.2, 0.25) is 0 Å². The van der Waals surface area contributed by atoms with E-state index in [1.54, 1.807) is 59.1 Å². The zero-order valence-electron chi connectivity index (χ0n) is 20.0. The number of rotatable bonds is 5. The molecule has 9 nitrogen and oxygen atoms in total. The summed E-state index contributed by atoms with van der Waals surface area (Å²) in [4.78, 5) is 49.2. The lowest BCUT2D eigenvalue weighted by Crippen LogP contribution is -2.43. The molecule has 0 aliphatic carbocycles. The molecular weight excluding hydrogens is 414 g/mol. The summed E-state index contributed by atoms with van der Waals surface area (Å²) in [6, 6.07) is 2.10. The molecule has 2 N–H and O–H groups in total. The fraction of sp³-hybridized carbons (Fsp3) is 0.652. The third-order valence-electron chi connectivity index (χ3n) is 4.77. The fourth-order valence-corrected chi connectivity index (χ4v) is 3.34. The number of nitrogens with one attached hydrogen (secondary N) is 2. The fourth-order valence-electron chi connectivity index (χ4n) is 3.34. The summed E-state index contributed by atoms with van der Waals surface area (Å²) in [5.74, 6) is -0.960. The number of aromatic nitrogens is 1. The van der Waals surface area contributed by atoms with Crippen LogP contribution in [0.5, 0.6) is 0 Å². The zero-order valence-corrected chi connectivity index (χ0v) is 20.0. The Kier molecular flexibility index (Phi) is 7.74. The molecule has 0 spiro atoms. The second kappa shape index (κ2) is 9.75. The van der Waals surface area contributed by atoms with Gasteiger partial charge in [0.2, 0.25) is 0 Å². The van der Waals surface area contributed by atoms with E-state index in [1.807, 2.05) is 0 Å². The molecular formula is C23H35N3O6. The van der Waals surface area contributed by atoms with Crippen molar-refractivity contribution in [3.05, 3.63) is 33.7 Å². The predicted molar refractivity (Wildman–Crippen MR) is 120 cm³/mol. The minimum Gasteiger partial charge on any atom is -0.458 e. The maximum atomic E-state index is 12.6. The van der Waals surface area contributed by atoms with Crippen molar-refractivity contribution in [1.29, 1.82) is 0 Å². The number of carbonyl (C=O) groups excluding carboxylic acids is 3. The number of hydrogen-bond acceptors (Lipinski definition) is 6. The summed E-state index contributed by atoms with van der Waals surface area (Å²) in [5.41, 5.74) is -0.559. The first kappa shape index (κ1) is 25.4. The van der Waals surface area contributed by atoms with Crippen LogP contribution < -0.4 is 16.2 Å². The SMILES string of the molecule is CC(NC(=O)c1cc2n(c(=O)c1)CC(CNC(=O)OC(C)(C)C)CC2)C(=O)OC(C)(C)C. The van der Waals surface area contributed by atoms with Gasteiger partial charge in [0, 0.05) is 30.4 Å². The van der Waals surface area contributed by atoms with E-state index in [0.717, 1.165) is 12.1 Å². The summed E-state index contributed by atoms with van der Waals surface area (Å²) in [6.45, 7) is 13.0. The zero-order chi connectivity index (χ0) is 24.3. The van der Waals surface area contributed by atoms with Crippen LogP contribution in [-0.4, -0.2) is 46.3 Å². The van der Waals surface area contributed by atoms with E-state index in [9.17, 15) is 19.2 Å². The summed E-state index contributed by atoms with van der Waals surface area (Å²) in [5, 5.41) is 5.34. The van der Waals surface area contributed by atoms with Crippen molar-refractivity contribution in [2.24, 2.45) is 5.92 Å². The highest BCUT2D eigenvalue weighted by Crippen LogP contribution is 2.19. The Labute approximate surface area is 188 Å². The maximum Gasteiger partial charge on any atom is 0.407 e. The van der Waals surface area contributed by atoms with Crippen molar-refractivity contribution < 1.29 is 23.9 Å². The van der Waals surface area contributed by atoms with Crippen molar-refractivity contribution in [3.63, 3.8) is 0 Å². The van der Waals surface area contributed by atoms with E-state index in [2.05, 4.69) is 10.6 Å². The number of ether oxygens (including phenoxy) is 2. The highest BCUT2D eigenvalue weighted by Gasteiger charge is 2.26. The number of aryl methyl sites for hydroxylation is 1. The monoisotopic (exact) mass is 449 g/mol. The number of nitrogens with zero attached hydrogens (tertiary/aromatic N) is 1. The lowest BCUT2D eigenvalue weighted by atomic mass is 9.96. The smallest absolute Gasteiger partial charge is 0.407 e. The van der Waals surface area contributed by atoms with Crippen molar-refractivity contribution in [3.8, 4) is 0 Å². The average molecular weight is 450 g/mol. The van der Waals surface area contributed by atoms with Crippen LogP contribution in [0, 0.1) is 5.92 Å². The topological polar surface area (TPSA) is 116 Å². The molecule has 2 heterocycles. The second-order valence-electron chi connectivity index (χ2n) is 10.2. The second-order valence-corrected chi connectivity index (χ2v) is 10.2. The highest BCUT2D eigenvalue weighted by atomic mass is 16.6. The molecule has 1 aromatic heterocycles. The lowest BCUT2D eigenvalue weighted by molar-refractivity contribution is -0.156. The van der Waals surface area contributed by atoms with Gasteiger partial charge in [-0.15, -0.1) is 0 Å². The molecule has 2 rings (SSSR count). The first-order valence-corrected chi connectivity index (χ1v) is 10.9. The van der Waals surface area contributed by atoms with Crippen molar-refractivity contribution in [2.75, 3.05) is 6.54 Å². The van der Waals surface area contributed by atoms with Crippen LogP contribution >= 0.6 is 0 Å². The van der Waals surface area contributed by atoms with Gasteiger partial charge in [0.15, 0.2) is 0 Å². The highest BCUT2D eigenvalue weighted by molar-refractivity contribution is 5.96. The molecule has 2 amide bonds. The molecule has 1 aromatic rings. The van der Waals surface area contributed by atoms with E-state index in [4.69, 9.17) is 9.47 Å². The van der Waals surface area contributed by atoms with Crippen LogP contribution in [0.4, 0.5) is 4.79 Å². The Morgan fingerprint density at radius 1 is 1.09 bits per heavy atom. The standard InChI is InChI=1S/C23H35N3O6/c1-14(20(29)31-22(2,3)4)25-19(28)16-10-17-9-8-15(13-26(17)18(27)11-16)12-24-21(30)32-23(5,6)7/h10-11,14-15H,8-9,12-13H2,1-7H3,(H,24,30)(H,25,28). The molecule has 178 valence electrons. The van der Waals surface area contributed by atoms with Crippen molar-refractivity contribution in [2.45, 2.75) is 85.1 Å². The van der Waals surface area contributed by atoms with E-state index >= 15 is 0 Å². The van der Waals surface area contributed by atoms with Gasteiger partial charge in [-0.1, -0.05) is 0 Å². The van der Waals surface area contributed by atoms with Crippen molar-refractivity contribution in [1.82, 2.24) is 15.2 Å². The van der Waals surface area contributed by atoms with Gasteiger partial charge in [0.05, 0.1) is 0 Å². The third kappa shape index (κ3) is 7.69. The van der Waals surface area contributed by atoms with E-state index in [-0.39, 0.29) is 17.0 Å². The minimum absolute atomic E-state index is 0.0829. The van der Waals surface area contributed by atoms with Gasteiger partial charge in [-0.25, -0.2) is 9.59 Å². The first-order valence-electron chi connectivity index (χ1n) is 10.9. The van der Waals surface area contributed by atoms with E-state index in [0.29, 0.717) is 19.5 Å². The van der Waals surface area contributed by atoms with E-state index in [1.165, 1.54) is 6.07 Å². The molecule has 1 aliphatic rings. The van der Waals surface area contributed by atoms with Gasteiger partial charge in [-0.05, 0) is 73.3 Å². The molecule has 0 radical (unpaired) electrons. The minimum atomic E-state index is -0.844. The molecule has 2 unspecified atom stereocenters. The van der Waals surface area contributed by atoms with Crippen LogP contribution in [-0.2, 0) is 27.2 Å². The number of pyridine rings is 1. The van der Waals surface area contributed by atoms with Crippen LogP contribution in [0.1, 0.15) is 70.9 Å². The summed E-state index contributed by atoms with van der Waals surface area (Å²) in [6.07, 6.45) is 0.870. The molecule has 0 saturated heterocycles. The molecule has 0 fully saturated rings. The summed E-state index contributed by atoms with van der Waals surface area (Å²) in [7, 11) is 0. The van der Waals surface area contributed by atoms with Gasteiger partial charge in [0.25, 0.3) is 11.5 Å². The summed E-state index contributed by atoms with van der Waals surface area (Å²) < 4.78 is 12.1. The largest absolute Gasteiger partial charge is 0.458 e. The molecule has 9 heteroatoms. The molecule has 32 heavy (non-hydrogen) atoms. The maximum absolute atomic E-state index is 12.6. The number of carbonyl (C=O) groups is 3. The summed E-state index contributed by atoms with van der Waals surface area (Å²) >= 11 is 0. The Bertz CT molecular complexity index is 923. The molecule has 0 aromatic carbocycles. The Morgan fingerprint density at radius 2 is 1.72 bits per heavy atom. The Hall–Kier alpha value is -2.84. The molecule has 2 atom stereocenters. The third-order valence-corrected chi connectivity index (χ3v) is 4.77. The van der Waals surface area contributed by atoms with Crippen LogP contribution in [0.3, 0.4) is 0 Å². The predicted octanol–water partition coefficient (Wildman–Crippen LogP) is 2.40. The number of hydrogen-bond donors (Lipinski definition) is 2. The van der Waals surface area contributed by atoms with E-state index < -0.39 is 35.2 Å². The Morgan fingerprint density at radius 3 is 2.31 bits per heavy atom. The van der Waals surface area contributed by atoms with Gasteiger partial charge in [-0.2, -0.15) is 0 Å². The first-order chi connectivity index (χ1) is 14.6. The normalized spacial score (nSPS) is 17.0. The number of amides is 2. The molecule has 0 saturated carbocycles. The molecule has 1 aliphatic heterocycles. The lowest BCUT2D eigenvalue weighted by Gasteiger charge is -2.27.